The third kappa shape index (κ3) is 3.84. The first kappa shape index (κ1) is 19.0. The molecule has 0 aliphatic carbocycles. The predicted octanol–water partition coefficient (Wildman–Crippen LogP) is 5.55. The van der Waals surface area contributed by atoms with Crippen molar-refractivity contribution in [3.63, 3.8) is 0 Å². The van der Waals surface area contributed by atoms with Gasteiger partial charge in [-0.15, -0.1) is 5.73 Å². The second-order valence-electron chi connectivity index (χ2n) is 7.44. The zero-order chi connectivity index (χ0) is 19.6. The molecule has 2 aromatic carbocycles. The third-order valence-corrected chi connectivity index (χ3v) is 5.36. The molecule has 0 aromatic heterocycles. The Bertz CT molecular complexity index is 862. The smallest absolute Gasteiger partial charge is 0.118 e. The van der Waals surface area contributed by atoms with Crippen LogP contribution in [-0.2, 0) is 0 Å². The van der Waals surface area contributed by atoms with E-state index in [9.17, 15) is 0 Å². The number of ether oxygens (including phenoxy) is 2. The fourth-order valence-corrected chi connectivity index (χ4v) is 3.42. The van der Waals surface area contributed by atoms with Gasteiger partial charge in [0.05, 0.1) is 19.8 Å². The van der Waals surface area contributed by atoms with Gasteiger partial charge in [-0.2, -0.15) is 0 Å². The number of nitrogens with zero attached hydrogens (tertiary/aromatic N) is 1. The number of aliphatic imine (C=N–C) groups is 1. The molecular formula is C24H27NO2. The molecule has 0 spiro atoms. The fourth-order valence-electron chi connectivity index (χ4n) is 3.42. The van der Waals surface area contributed by atoms with Crippen LogP contribution in [0.4, 0.5) is 0 Å². The maximum absolute atomic E-state index is 5.31. The quantitative estimate of drug-likeness (QED) is 0.669. The fraction of sp³-hybridized carbons (Fsp3) is 0.333. The molecule has 1 heterocycles. The summed E-state index contributed by atoms with van der Waals surface area (Å²) in [6.45, 7) is 8.65. The molecule has 0 amide bonds. The van der Waals surface area contributed by atoms with Crippen LogP contribution in [-0.4, -0.2) is 25.5 Å². The normalized spacial score (nSPS) is 17.9. The van der Waals surface area contributed by atoms with Crippen molar-refractivity contribution in [3.05, 3.63) is 71.0 Å². The van der Waals surface area contributed by atoms with Gasteiger partial charge in [-0.3, -0.25) is 4.99 Å². The van der Waals surface area contributed by atoms with Crippen LogP contribution in [0.3, 0.4) is 0 Å². The van der Waals surface area contributed by atoms with Gasteiger partial charge in [-0.05, 0) is 56.2 Å². The largest absolute Gasteiger partial charge is 0.497 e. The summed E-state index contributed by atoms with van der Waals surface area (Å²) in [6.07, 6.45) is 0. The molecule has 3 nitrogen and oxygen atoms in total. The maximum Gasteiger partial charge on any atom is 0.118 e. The highest BCUT2D eigenvalue weighted by atomic mass is 16.5. The Morgan fingerprint density at radius 2 is 1.33 bits per heavy atom. The Balaban J connectivity index is 2.20. The Morgan fingerprint density at radius 1 is 0.889 bits per heavy atom. The van der Waals surface area contributed by atoms with Crippen molar-refractivity contribution in [2.24, 2.45) is 10.9 Å². The van der Waals surface area contributed by atoms with E-state index in [4.69, 9.17) is 14.5 Å². The number of rotatable bonds is 4. The summed E-state index contributed by atoms with van der Waals surface area (Å²) in [5.74, 6) is 1.99. The van der Waals surface area contributed by atoms with Gasteiger partial charge in [0.2, 0.25) is 0 Å². The summed E-state index contributed by atoms with van der Waals surface area (Å²) in [5.41, 5.74) is 9.07. The van der Waals surface area contributed by atoms with Crippen LogP contribution < -0.4 is 9.47 Å². The predicted molar refractivity (Wildman–Crippen MR) is 112 cm³/mol. The lowest BCUT2D eigenvalue weighted by molar-refractivity contribution is 0.414. The molecule has 1 aliphatic heterocycles. The van der Waals surface area contributed by atoms with Gasteiger partial charge < -0.3 is 9.47 Å². The lowest BCUT2D eigenvalue weighted by Gasteiger charge is -2.20. The van der Waals surface area contributed by atoms with E-state index in [-0.39, 0.29) is 5.54 Å². The van der Waals surface area contributed by atoms with Gasteiger partial charge in [0.25, 0.3) is 0 Å². The van der Waals surface area contributed by atoms with E-state index < -0.39 is 0 Å². The van der Waals surface area contributed by atoms with Crippen LogP contribution in [0, 0.1) is 5.92 Å². The van der Waals surface area contributed by atoms with Gasteiger partial charge in [0.15, 0.2) is 0 Å². The summed E-state index contributed by atoms with van der Waals surface area (Å²) in [7, 11) is 3.36. The van der Waals surface area contributed by atoms with E-state index in [0.29, 0.717) is 5.92 Å². The maximum atomic E-state index is 5.31. The lowest BCUT2D eigenvalue weighted by atomic mass is 9.85. The highest BCUT2D eigenvalue weighted by molar-refractivity contribution is 6.02. The molecule has 3 rings (SSSR count). The number of hydrogen-bond acceptors (Lipinski definition) is 3. The molecule has 140 valence electrons. The van der Waals surface area contributed by atoms with Crippen LogP contribution in [0.5, 0.6) is 11.5 Å². The highest BCUT2D eigenvalue weighted by Crippen LogP contribution is 2.36. The van der Waals surface area contributed by atoms with Gasteiger partial charge >= 0.3 is 0 Å². The molecule has 3 heteroatoms. The van der Waals surface area contributed by atoms with E-state index in [1.54, 1.807) is 14.2 Å². The van der Waals surface area contributed by atoms with Gasteiger partial charge in [0.1, 0.15) is 11.5 Å². The molecule has 2 aromatic rings. The van der Waals surface area contributed by atoms with Gasteiger partial charge in [-0.1, -0.05) is 31.2 Å². The second-order valence-corrected chi connectivity index (χ2v) is 7.44. The summed E-state index contributed by atoms with van der Waals surface area (Å²) in [4.78, 5) is 4.84. The van der Waals surface area contributed by atoms with Crippen molar-refractivity contribution < 1.29 is 9.47 Å². The Hall–Kier alpha value is -2.77. The van der Waals surface area contributed by atoms with Crippen LogP contribution in [0.2, 0.25) is 0 Å². The van der Waals surface area contributed by atoms with Crippen molar-refractivity contribution in [3.8, 4) is 11.5 Å². The van der Waals surface area contributed by atoms with Crippen molar-refractivity contribution in [1.82, 2.24) is 0 Å². The monoisotopic (exact) mass is 361 g/mol. The van der Waals surface area contributed by atoms with Gasteiger partial charge in [0, 0.05) is 22.8 Å². The molecule has 27 heavy (non-hydrogen) atoms. The number of benzene rings is 2. The van der Waals surface area contributed by atoms with Crippen LogP contribution in [0.15, 0.2) is 64.8 Å². The van der Waals surface area contributed by atoms with Crippen molar-refractivity contribution >= 4 is 11.3 Å². The first-order valence-corrected chi connectivity index (χ1v) is 9.22. The average molecular weight is 361 g/mol. The standard InChI is InChI=1S/C24H27NO2/c1-16-22(17(2)25-24(16,3)4)15-23(18-7-11-20(26-5)12-8-18)19-9-13-21(27-6)14-10-19/h7-14,16H,1-6H3. The van der Waals surface area contributed by atoms with E-state index in [1.807, 2.05) is 24.3 Å². The highest BCUT2D eigenvalue weighted by Gasteiger charge is 2.35. The third-order valence-electron chi connectivity index (χ3n) is 5.36. The summed E-state index contributed by atoms with van der Waals surface area (Å²) >= 11 is 0. The molecule has 0 bridgehead atoms. The van der Waals surface area contributed by atoms with Crippen molar-refractivity contribution in [2.45, 2.75) is 33.2 Å². The zero-order valence-electron chi connectivity index (χ0n) is 17.0. The van der Waals surface area contributed by atoms with E-state index in [2.05, 4.69) is 57.7 Å². The first-order chi connectivity index (χ1) is 12.9. The molecule has 0 radical (unpaired) electrons. The van der Waals surface area contributed by atoms with Crippen LogP contribution in [0.25, 0.3) is 5.57 Å². The molecule has 1 aliphatic rings. The van der Waals surface area contributed by atoms with Crippen molar-refractivity contribution in [1.29, 1.82) is 0 Å². The Labute approximate surface area is 162 Å². The molecule has 0 saturated carbocycles. The molecule has 0 fully saturated rings. The molecule has 1 atom stereocenters. The minimum absolute atomic E-state index is 0.0999. The Kier molecular flexibility index (Phi) is 5.25. The van der Waals surface area contributed by atoms with E-state index in [0.717, 1.165) is 33.9 Å². The molecule has 1 unspecified atom stereocenters. The summed E-state index contributed by atoms with van der Waals surface area (Å²) in [6, 6.07) is 16.2. The molecule has 0 N–H and O–H groups in total. The second kappa shape index (κ2) is 7.46. The summed E-state index contributed by atoms with van der Waals surface area (Å²) < 4.78 is 10.6. The average Bonchev–Trinajstić information content (AvgIpc) is 2.87. The minimum atomic E-state index is -0.0999. The zero-order valence-corrected chi connectivity index (χ0v) is 17.0. The van der Waals surface area contributed by atoms with E-state index in [1.165, 1.54) is 5.57 Å². The van der Waals surface area contributed by atoms with Gasteiger partial charge in [-0.25, -0.2) is 0 Å². The number of methoxy groups -OCH3 is 2. The summed E-state index contributed by atoms with van der Waals surface area (Å²) in [5, 5.41) is 0. The molecular weight excluding hydrogens is 334 g/mol. The topological polar surface area (TPSA) is 30.8 Å². The molecule has 0 saturated heterocycles. The lowest BCUT2D eigenvalue weighted by Crippen LogP contribution is -2.22. The Morgan fingerprint density at radius 3 is 1.67 bits per heavy atom. The first-order valence-electron chi connectivity index (χ1n) is 9.22. The van der Waals surface area contributed by atoms with Crippen molar-refractivity contribution in [2.75, 3.05) is 14.2 Å². The van der Waals surface area contributed by atoms with E-state index >= 15 is 0 Å². The minimum Gasteiger partial charge on any atom is -0.497 e. The van der Waals surface area contributed by atoms with Crippen LogP contribution >= 0.6 is 0 Å². The van der Waals surface area contributed by atoms with Crippen LogP contribution in [0.1, 0.15) is 38.8 Å². The SMILES string of the molecule is COc1ccc(C(=C=C2C(C)=NC(C)(C)C2C)c2ccc(OC)cc2)cc1. The number of hydrogen-bond donors (Lipinski definition) is 0.